The molecule has 0 aliphatic carbocycles. The van der Waals surface area contributed by atoms with Gasteiger partial charge in [0.15, 0.2) is 11.5 Å². The second-order valence-electron chi connectivity index (χ2n) is 5.30. The average molecular weight is 342 g/mol. The number of esters is 1. The second-order valence-corrected chi connectivity index (χ2v) is 5.30. The van der Waals surface area contributed by atoms with Crippen molar-refractivity contribution in [1.29, 1.82) is 0 Å². The number of benzene rings is 2. The Hall–Kier alpha value is -2.79. The Bertz CT molecular complexity index is 724. The molecule has 0 saturated carbocycles. The van der Waals surface area contributed by atoms with E-state index in [9.17, 15) is 9.90 Å². The second kappa shape index (κ2) is 8.89. The highest BCUT2D eigenvalue weighted by atomic mass is 16.5. The lowest BCUT2D eigenvalue weighted by molar-refractivity contribution is -0.137. The lowest BCUT2D eigenvalue weighted by Gasteiger charge is -2.20. The van der Waals surface area contributed by atoms with Crippen molar-refractivity contribution in [2.75, 3.05) is 13.7 Å². The molecule has 0 aromatic heterocycles. The van der Waals surface area contributed by atoms with Crippen LogP contribution in [0.15, 0.2) is 60.7 Å². The fourth-order valence-electron chi connectivity index (χ4n) is 2.33. The molecule has 5 heteroatoms. The van der Waals surface area contributed by atoms with E-state index in [2.05, 4.69) is 11.3 Å². The first-order valence-electron chi connectivity index (χ1n) is 7.96. The Morgan fingerprint density at radius 3 is 2.48 bits per heavy atom. The monoisotopic (exact) mass is 342 g/mol. The summed E-state index contributed by atoms with van der Waals surface area (Å²) in [5.41, 5.74) is 1.30. The fraction of sp³-hybridized carbons (Fsp3) is 0.250. The zero-order valence-electron chi connectivity index (χ0n) is 14.4. The van der Waals surface area contributed by atoms with Crippen molar-refractivity contribution >= 4 is 5.97 Å². The van der Waals surface area contributed by atoms with E-state index in [1.165, 1.54) is 7.11 Å². The van der Waals surface area contributed by atoms with Gasteiger partial charge in [-0.15, -0.1) is 0 Å². The van der Waals surface area contributed by atoms with E-state index in [0.29, 0.717) is 30.3 Å². The van der Waals surface area contributed by atoms with E-state index in [1.807, 2.05) is 37.3 Å². The number of hydrogen-bond donors (Lipinski definition) is 1. The summed E-state index contributed by atoms with van der Waals surface area (Å²) in [5, 5.41) is 10.5. The Kier molecular flexibility index (Phi) is 6.60. The Balaban J connectivity index is 2.33. The molecule has 1 N–H and O–H groups in total. The number of methoxy groups -OCH3 is 1. The lowest BCUT2D eigenvalue weighted by atomic mass is 10.0. The van der Waals surface area contributed by atoms with Gasteiger partial charge in [-0.1, -0.05) is 49.0 Å². The minimum absolute atomic E-state index is 0.0688. The summed E-state index contributed by atoms with van der Waals surface area (Å²) in [5.74, 6) is 0.196. The van der Waals surface area contributed by atoms with Crippen molar-refractivity contribution < 1.29 is 24.1 Å². The SMILES string of the molecule is C=C(C(=O)OC)C(O)c1cccc(OCC)c1OCc1ccccc1. The van der Waals surface area contributed by atoms with Crippen molar-refractivity contribution in [1.82, 2.24) is 0 Å². The van der Waals surface area contributed by atoms with Gasteiger partial charge in [0.25, 0.3) is 0 Å². The Labute approximate surface area is 147 Å². The minimum Gasteiger partial charge on any atom is -0.490 e. The topological polar surface area (TPSA) is 65.0 Å². The van der Waals surface area contributed by atoms with Gasteiger partial charge in [-0.3, -0.25) is 0 Å². The molecule has 0 amide bonds. The number of aliphatic hydroxyl groups is 1. The smallest absolute Gasteiger partial charge is 0.336 e. The molecule has 0 fully saturated rings. The van der Waals surface area contributed by atoms with Crippen molar-refractivity contribution in [3.63, 3.8) is 0 Å². The molecule has 2 rings (SSSR count). The molecule has 0 saturated heterocycles. The molecule has 0 radical (unpaired) electrons. The van der Waals surface area contributed by atoms with E-state index in [0.717, 1.165) is 5.56 Å². The molecule has 2 aromatic rings. The van der Waals surface area contributed by atoms with Crippen molar-refractivity contribution in [2.24, 2.45) is 0 Å². The zero-order chi connectivity index (χ0) is 18.2. The molecular formula is C20H22O5. The molecule has 2 aromatic carbocycles. The van der Waals surface area contributed by atoms with Crippen LogP contribution < -0.4 is 9.47 Å². The van der Waals surface area contributed by atoms with Crippen LogP contribution in [-0.2, 0) is 16.1 Å². The molecular weight excluding hydrogens is 320 g/mol. The fourth-order valence-corrected chi connectivity index (χ4v) is 2.33. The van der Waals surface area contributed by atoms with Crippen LogP contribution >= 0.6 is 0 Å². The Morgan fingerprint density at radius 2 is 1.84 bits per heavy atom. The van der Waals surface area contributed by atoms with E-state index in [1.54, 1.807) is 18.2 Å². The normalized spacial score (nSPS) is 11.5. The first-order valence-corrected chi connectivity index (χ1v) is 7.96. The molecule has 0 aliphatic heterocycles. The largest absolute Gasteiger partial charge is 0.490 e. The van der Waals surface area contributed by atoms with Crippen LogP contribution in [0.25, 0.3) is 0 Å². The van der Waals surface area contributed by atoms with Crippen LogP contribution in [0, 0.1) is 0 Å². The maximum Gasteiger partial charge on any atom is 0.336 e. The van der Waals surface area contributed by atoms with E-state index >= 15 is 0 Å². The van der Waals surface area contributed by atoms with Gasteiger partial charge >= 0.3 is 5.97 Å². The molecule has 0 bridgehead atoms. The predicted molar refractivity (Wildman–Crippen MR) is 94.5 cm³/mol. The molecule has 132 valence electrons. The summed E-state index contributed by atoms with van der Waals surface area (Å²) in [7, 11) is 1.24. The van der Waals surface area contributed by atoms with E-state index in [4.69, 9.17) is 9.47 Å². The summed E-state index contributed by atoms with van der Waals surface area (Å²) in [4.78, 5) is 11.7. The number of hydrogen-bond acceptors (Lipinski definition) is 5. The van der Waals surface area contributed by atoms with E-state index < -0.39 is 12.1 Å². The molecule has 0 spiro atoms. The van der Waals surface area contributed by atoms with E-state index in [-0.39, 0.29) is 5.57 Å². The highest BCUT2D eigenvalue weighted by Gasteiger charge is 2.24. The van der Waals surface area contributed by atoms with Crippen LogP contribution in [0.5, 0.6) is 11.5 Å². The van der Waals surface area contributed by atoms with Crippen molar-refractivity contribution in [3.05, 3.63) is 71.8 Å². The standard InChI is InChI=1S/C20H22O5/c1-4-24-17-12-8-11-16(18(21)14(2)20(22)23-3)19(17)25-13-15-9-6-5-7-10-15/h5-12,18,21H,2,4,13H2,1,3H3. The summed E-state index contributed by atoms with van der Waals surface area (Å²) in [6.07, 6.45) is -1.25. The average Bonchev–Trinajstić information content (AvgIpc) is 2.66. The van der Waals surface area contributed by atoms with Crippen LogP contribution in [0.4, 0.5) is 0 Å². The zero-order valence-corrected chi connectivity index (χ0v) is 14.4. The third kappa shape index (κ3) is 4.61. The van der Waals surface area contributed by atoms with Crippen LogP contribution in [-0.4, -0.2) is 24.8 Å². The van der Waals surface area contributed by atoms with Crippen LogP contribution in [0.2, 0.25) is 0 Å². The first-order chi connectivity index (χ1) is 12.1. The van der Waals surface area contributed by atoms with Crippen molar-refractivity contribution in [3.8, 4) is 11.5 Å². The number of ether oxygens (including phenoxy) is 3. The summed E-state index contributed by atoms with van der Waals surface area (Å²) in [6.45, 7) is 6.22. The molecule has 0 aliphatic rings. The number of carbonyl (C=O) groups is 1. The van der Waals surface area contributed by atoms with Crippen LogP contribution in [0.3, 0.4) is 0 Å². The van der Waals surface area contributed by atoms with Gasteiger partial charge in [0.2, 0.25) is 0 Å². The molecule has 25 heavy (non-hydrogen) atoms. The molecule has 1 atom stereocenters. The summed E-state index contributed by atoms with van der Waals surface area (Å²) >= 11 is 0. The third-order valence-corrected chi connectivity index (χ3v) is 3.61. The maximum absolute atomic E-state index is 11.7. The maximum atomic E-state index is 11.7. The van der Waals surface area contributed by atoms with Gasteiger partial charge in [0, 0.05) is 5.56 Å². The van der Waals surface area contributed by atoms with Gasteiger partial charge in [0.1, 0.15) is 12.7 Å². The van der Waals surface area contributed by atoms with Gasteiger partial charge < -0.3 is 19.3 Å². The van der Waals surface area contributed by atoms with Gasteiger partial charge in [-0.05, 0) is 18.6 Å². The number of aliphatic hydroxyl groups excluding tert-OH is 1. The highest BCUT2D eigenvalue weighted by molar-refractivity contribution is 5.89. The minimum atomic E-state index is -1.25. The summed E-state index contributed by atoms with van der Waals surface area (Å²) in [6, 6.07) is 14.8. The van der Waals surface area contributed by atoms with Crippen molar-refractivity contribution in [2.45, 2.75) is 19.6 Å². The van der Waals surface area contributed by atoms with Crippen LogP contribution in [0.1, 0.15) is 24.2 Å². The lowest BCUT2D eigenvalue weighted by Crippen LogP contribution is -2.13. The molecule has 1 unspecified atom stereocenters. The first kappa shape index (κ1) is 18.5. The number of carbonyl (C=O) groups excluding carboxylic acids is 1. The molecule has 0 heterocycles. The van der Waals surface area contributed by atoms with Gasteiger partial charge in [-0.2, -0.15) is 0 Å². The predicted octanol–water partition coefficient (Wildman–Crippen LogP) is 3.43. The Morgan fingerprint density at radius 1 is 1.12 bits per heavy atom. The summed E-state index contributed by atoms with van der Waals surface area (Å²) < 4.78 is 16.1. The number of rotatable bonds is 8. The number of para-hydroxylation sites is 1. The van der Waals surface area contributed by atoms with Gasteiger partial charge in [-0.25, -0.2) is 4.79 Å². The van der Waals surface area contributed by atoms with Gasteiger partial charge in [0.05, 0.1) is 19.3 Å². The highest BCUT2D eigenvalue weighted by Crippen LogP contribution is 2.38. The quantitative estimate of drug-likeness (QED) is 0.588. The third-order valence-electron chi connectivity index (χ3n) is 3.61. The molecule has 5 nitrogen and oxygen atoms in total.